The Bertz CT molecular complexity index is 249. The zero-order valence-electron chi connectivity index (χ0n) is 9.45. The van der Waals surface area contributed by atoms with Crippen LogP contribution in [0, 0.1) is 0 Å². The van der Waals surface area contributed by atoms with Crippen molar-refractivity contribution in [2.45, 2.75) is 0 Å². The normalized spacial score (nSPS) is 18.6. The van der Waals surface area contributed by atoms with Gasteiger partial charge in [0.25, 0.3) is 0 Å². The first-order chi connectivity index (χ1) is 7.72. The number of nitrogens with two attached hydrogens (primary N) is 2. The molecule has 0 spiro atoms. The van der Waals surface area contributed by atoms with Crippen LogP contribution >= 0.6 is 23.5 Å². The van der Waals surface area contributed by atoms with Gasteiger partial charge in [0.2, 0.25) is 0 Å². The molecular weight excluding hydrogens is 240 g/mol. The number of hydrogen-bond donors (Lipinski definition) is 3. The van der Waals surface area contributed by atoms with Gasteiger partial charge < -0.3 is 16.8 Å². The van der Waals surface area contributed by atoms with E-state index in [1.54, 1.807) is 18.0 Å². The SMILES string of the molecule is C=C(N)S/C(=C\N)SCCN1CCNCC1. The van der Waals surface area contributed by atoms with Crippen molar-refractivity contribution in [3.63, 3.8) is 0 Å². The molecule has 0 saturated carbocycles. The molecule has 6 heteroatoms. The molecule has 0 aromatic heterocycles. The summed E-state index contributed by atoms with van der Waals surface area (Å²) in [5.74, 6) is 1.04. The Hall–Kier alpha value is -0.300. The third-order valence-electron chi connectivity index (χ3n) is 2.23. The lowest BCUT2D eigenvalue weighted by atomic mass is 10.4. The molecule has 16 heavy (non-hydrogen) atoms. The Labute approximate surface area is 106 Å². The molecule has 0 aliphatic carbocycles. The van der Waals surface area contributed by atoms with E-state index < -0.39 is 0 Å². The summed E-state index contributed by atoms with van der Waals surface area (Å²) in [6, 6.07) is 0. The van der Waals surface area contributed by atoms with Crippen LogP contribution in [-0.4, -0.2) is 43.4 Å². The van der Waals surface area contributed by atoms with Crippen LogP contribution in [0.2, 0.25) is 0 Å². The van der Waals surface area contributed by atoms with E-state index >= 15 is 0 Å². The van der Waals surface area contributed by atoms with Gasteiger partial charge in [-0.3, -0.25) is 4.90 Å². The van der Waals surface area contributed by atoms with Crippen LogP contribution < -0.4 is 16.8 Å². The summed E-state index contributed by atoms with van der Waals surface area (Å²) in [5, 5.41) is 3.93. The summed E-state index contributed by atoms with van der Waals surface area (Å²) in [6.45, 7) is 9.22. The lowest BCUT2D eigenvalue weighted by molar-refractivity contribution is 0.255. The maximum atomic E-state index is 5.52. The summed E-state index contributed by atoms with van der Waals surface area (Å²) in [6.07, 6.45) is 1.60. The van der Waals surface area contributed by atoms with Crippen LogP contribution in [0.1, 0.15) is 0 Å². The van der Waals surface area contributed by atoms with Crippen molar-refractivity contribution < 1.29 is 0 Å². The number of piperazine rings is 1. The predicted octanol–water partition coefficient (Wildman–Crippen LogP) is 0.546. The molecule has 4 nitrogen and oxygen atoms in total. The maximum absolute atomic E-state index is 5.52. The van der Waals surface area contributed by atoms with Crippen LogP contribution in [0.3, 0.4) is 0 Å². The number of hydrogen-bond acceptors (Lipinski definition) is 6. The van der Waals surface area contributed by atoms with Crippen LogP contribution in [0.4, 0.5) is 0 Å². The van der Waals surface area contributed by atoms with E-state index in [0.29, 0.717) is 5.03 Å². The van der Waals surface area contributed by atoms with E-state index in [0.717, 1.165) is 42.7 Å². The van der Waals surface area contributed by atoms with Crippen LogP contribution in [0.15, 0.2) is 22.0 Å². The van der Waals surface area contributed by atoms with Crippen molar-refractivity contribution in [3.8, 4) is 0 Å². The molecule has 1 saturated heterocycles. The standard InChI is InChI=1S/C10H20N4S2/c1-9(12)16-10(8-11)15-7-6-14-4-2-13-3-5-14/h8,13H,1-7,11-12H2/b10-8-. The third kappa shape index (κ3) is 5.69. The van der Waals surface area contributed by atoms with Gasteiger partial charge in [0.15, 0.2) is 0 Å². The van der Waals surface area contributed by atoms with E-state index in [9.17, 15) is 0 Å². The minimum absolute atomic E-state index is 0.589. The highest BCUT2D eigenvalue weighted by Gasteiger charge is 2.09. The molecule has 0 amide bonds. The number of nitrogens with one attached hydrogen (secondary N) is 1. The summed E-state index contributed by atoms with van der Waals surface area (Å²) >= 11 is 3.18. The first-order valence-corrected chi connectivity index (χ1v) is 7.12. The highest BCUT2D eigenvalue weighted by Crippen LogP contribution is 2.30. The molecule has 1 rings (SSSR count). The van der Waals surface area contributed by atoms with Crippen molar-refractivity contribution >= 4 is 23.5 Å². The molecular formula is C10H20N4S2. The fraction of sp³-hybridized carbons (Fsp3) is 0.600. The highest BCUT2D eigenvalue weighted by atomic mass is 32.2. The van der Waals surface area contributed by atoms with Gasteiger partial charge in [-0.1, -0.05) is 18.3 Å². The van der Waals surface area contributed by atoms with Gasteiger partial charge in [-0.25, -0.2) is 0 Å². The lowest BCUT2D eigenvalue weighted by Gasteiger charge is -2.26. The van der Waals surface area contributed by atoms with E-state index in [1.165, 1.54) is 11.8 Å². The molecule has 0 unspecified atom stereocenters. The van der Waals surface area contributed by atoms with Crippen LogP contribution in [0.5, 0.6) is 0 Å². The van der Waals surface area contributed by atoms with E-state index in [-0.39, 0.29) is 0 Å². The van der Waals surface area contributed by atoms with Gasteiger partial charge in [-0.15, -0.1) is 11.8 Å². The lowest BCUT2D eigenvalue weighted by Crippen LogP contribution is -2.44. The summed E-state index contributed by atoms with van der Waals surface area (Å²) in [4.78, 5) is 2.46. The monoisotopic (exact) mass is 260 g/mol. The fourth-order valence-electron chi connectivity index (χ4n) is 1.45. The quantitative estimate of drug-likeness (QED) is 0.648. The van der Waals surface area contributed by atoms with Crippen molar-refractivity contribution in [2.24, 2.45) is 11.5 Å². The first kappa shape index (κ1) is 13.8. The smallest absolute Gasteiger partial charge is 0.0636 e. The molecule has 1 aliphatic heterocycles. The molecule has 0 atom stereocenters. The van der Waals surface area contributed by atoms with Crippen molar-refractivity contribution in [1.29, 1.82) is 0 Å². The Balaban J connectivity index is 2.15. The molecule has 1 heterocycles. The van der Waals surface area contributed by atoms with Crippen molar-refractivity contribution in [1.82, 2.24) is 10.2 Å². The molecule has 0 aromatic rings. The summed E-state index contributed by atoms with van der Waals surface area (Å²) < 4.78 is 1.03. The summed E-state index contributed by atoms with van der Waals surface area (Å²) in [5.41, 5.74) is 11.0. The number of thioether (sulfide) groups is 2. The first-order valence-electron chi connectivity index (χ1n) is 5.32. The maximum Gasteiger partial charge on any atom is 0.0636 e. The second-order valence-corrected chi connectivity index (χ2v) is 6.06. The molecule has 1 aliphatic rings. The minimum Gasteiger partial charge on any atom is -0.403 e. The average molecular weight is 260 g/mol. The number of nitrogens with zero attached hydrogens (tertiary/aromatic N) is 1. The van der Waals surface area contributed by atoms with Crippen LogP contribution in [0.25, 0.3) is 0 Å². The highest BCUT2D eigenvalue weighted by molar-refractivity contribution is 8.23. The second kappa shape index (κ2) is 7.89. The summed E-state index contributed by atoms with van der Waals surface area (Å²) in [7, 11) is 0. The molecule has 0 radical (unpaired) electrons. The number of rotatable bonds is 6. The van der Waals surface area contributed by atoms with Gasteiger partial charge in [0, 0.05) is 44.7 Å². The third-order valence-corrected chi connectivity index (χ3v) is 4.24. The Morgan fingerprint density at radius 2 is 2.12 bits per heavy atom. The largest absolute Gasteiger partial charge is 0.403 e. The van der Waals surface area contributed by atoms with Gasteiger partial charge >= 0.3 is 0 Å². The fourth-order valence-corrected chi connectivity index (χ4v) is 3.23. The van der Waals surface area contributed by atoms with E-state index in [2.05, 4.69) is 16.8 Å². The Morgan fingerprint density at radius 3 is 2.69 bits per heavy atom. The van der Waals surface area contributed by atoms with E-state index in [1.807, 2.05) is 0 Å². The van der Waals surface area contributed by atoms with Gasteiger partial charge in [0.1, 0.15) is 0 Å². The molecule has 0 aromatic carbocycles. The van der Waals surface area contributed by atoms with Crippen LogP contribution in [-0.2, 0) is 0 Å². The Morgan fingerprint density at radius 1 is 1.44 bits per heavy atom. The molecule has 5 N–H and O–H groups in total. The second-order valence-electron chi connectivity index (χ2n) is 3.49. The minimum atomic E-state index is 0.589. The molecule has 1 fully saturated rings. The average Bonchev–Trinajstić information content (AvgIpc) is 2.28. The van der Waals surface area contributed by atoms with Crippen molar-refractivity contribution in [2.75, 3.05) is 38.5 Å². The van der Waals surface area contributed by atoms with Gasteiger partial charge in [-0.2, -0.15) is 0 Å². The van der Waals surface area contributed by atoms with Gasteiger partial charge in [0.05, 0.1) is 9.27 Å². The molecule has 0 bridgehead atoms. The molecule has 92 valence electrons. The zero-order chi connectivity index (χ0) is 11.8. The van der Waals surface area contributed by atoms with Crippen molar-refractivity contribution in [3.05, 3.63) is 22.0 Å². The Kier molecular flexibility index (Phi) is 6.79. The van der Waals surface area contributed by atoms with Gasteiger partial charge in [-0.05, 0) is 0 Å². The zero-order valence-corrected chi connectivity index (χ0v) is 11.1. The van der Waals surface area contributed by atoms with E-state index in [4.69, 9.17) is 11.5 Å². The topological polar surface area (TPSA) is 67.3 Å². The predicted molar refractivity (Wildman–Crippen MR) is 75.0 cm³/mol.